The van der Waals surface area contributed by atoms with Gasteiger partial charge in [0.25, 0.3) is 0 Å². The minimum atomic E-state index is -0.947. The van der Waals surface area contributed by atoms with Crippen LogP contribution < -0.4 is 0 Å². The van der Waals surface area contributed by atoms with Crippen molar-refractivity contribution in [2.75, 3.05) is 13.6 Å². The number of carbonyl (C=O) groups is 1. The van der Waals surface area contributed by atoms with Gasteiger partial charge in [0.1, 0.15) is 0 Å². The monoisotopic (exact) mass is 234 g/mol. The summed E-state index contributed by atoms with van der Waals surface area (Å²) in [7, 11) is 2.04. The summed E-state index contributed by atoms with van der Waals surface area (Å²) in [5, 5.41) is 9.04. The molecule has 0 atom stereocenters. The van der Waals surface area contributed by atoms with Gasteiger partial charge in [-0.2, -0.15) is 0 Å². The van der Waals surface area contributed by atoms with Crippen LogP contribution in [0.3, 0.4) is 0 Å². The van der Waals surface area contributed by atoms with Crippen molar-refractivity contribution in [3.05, 3.63) is 29.6 Å². The summed E-state index contributed by atoms with van der Waals surface area (Å²) in [6, 6.07) is 3.63. The molecule has 0 unspecified atom stereocenters. The summed E-state index contributed by atoms with van der Waals surface area (Å²) in [4.78, 5) is 17.1. The fraction of sp³-hybridized carbons (Fsp3) is 0.538. The molecule has 1 aromatic rings. The van der Waals surface area contributed by atoms with Crippen LogP contribution in [-0.2, 0) is 6.54 Å². The lowest BCUT2D eigenvalue weighted by molar-refractivity contribution is 0.0687. The summed E-state index contributed by atoms with van der Waals surface area (Å²) in [6.07, 6.45) is 5.48. The lowest BCUT2D eigenvalue weighted by atomic mass is 9.85. The Balaban J connectivity index is 1.99. The molecule has 17 heavy (non-hydrogen) atoms. The highest BCUT2D eigenvalue weighted by atomic mass is 16.4. The van der Waals surface area contributed by atoms with Gasteiger partial charge in [-0.25, -0.2) is 9.78 Å². The van der Waals surface area contributed by atoms with E-state index in [1.165, 1.54) is 25.5 Å². The fourth-order valence-corrected chi connectivity index (χ4v) is 2.23. The Hall–Kier alpha value is -1.42. The van der Waals surface area contributed by atoms with Crippen LogP contribution in [0.15, 0.2) is 18.3 Å². The summed E-state index contributed by atoms with van der Waals surface area (Å²) in [6.45, 7) is 1.71. The Labute approximate surface area is 101 Å². The maximum atomic E-state index is 11.0. The molecule has 1 N–H and O–H groups in total. The molecule has 4 heteroatoms. The molecule has 0 saturated heterocycles. The van der Waals surface area contributed by atoms with Crippen molar-refractivity contribution in [1.82, 2.24) is 9.88 Å². The quantitative estimate of drug-likeness (QED) is 0.846. The molecular formula is C13H18N2O2. The van der Waals surface area contributed by atoms with Crippen molar-refractivity contribution in [3.63, 3.8) is 0 Å². The van der Waals surface area contributed by atoms with Crippen LogP contribution in [0.5, 0.6) is 0 Å². The van der Waals surface area contributed by atoms with Gasteiger partial charge in [-0.1, -0.05) is 12.5 Å². The molecule has 2 rings (SSSR count). The Morgan fingerprint density at radius 1 is 1.59 bits per heavy atom. The molecule has 0 radical (unpaired) electrons. The van der Waals surface area contributed by atoms with E-state index in [2.05, 4.69) is 9.88 Å². The van der Waals surface area contributed by atoms with E-state index in [1.807, 2.05) is 13.1 Å². The number of hydrogen-bond donors (Lipinski definition) is 1. The highest BCUT2D eigenvalue weighted by molar-refractivity contribution is 5.86. The van der Waals surface area contributed by atoms with Gasteiger partial charge in [-0.05, 0) is 37.4 Å². The molecule has 0 aliphatic heterocycles. The van der Waals surface area contributed by atoms with Crippen molar-refractivity contribution in [2.45, 2.75) is 25.8 Å². The summed E-state index contributed by atoms with van der Waals surface area (Å²) in [5.74, 6) is -0.150. The molecule has 0 aromatic carbocycles. The molecule has 1 saturated carbocycles. The highest BCUT2D eigenvalue weighted by Gasteiger charge is 2.20. The van der Waals surface area contributed by atoms with E-state index < -0.39 is 5.97 Å². The standard InChI is InChI=1S/C13H18N2O2/c1-15(8-10-4-2-5-10)9-11-6-3-7-14-12(11)13(16)17/h3,6-7,10H,2,4-5,8-9H2,1H3,(H,16,17). The molecule has 1 fully saturated rings. The zero-order valence-corrected chi connectivity index (χ0v) is 10.1. The molecule has 0 amide bonds. The van der Waals surface area contributed by atoms with E-state index >= 15 is 0 Å². The van der Waals surface area contributed by atoms with Gasteiger partial charge < -0.3 is 10.0 Å². The minimum Gasteiger partial charge on any atom is -0.477 e. The largest absolute Gasteiger partial charge is 0.477 e. The van der Waals surface area contributed by atoms with E-state index in [1.54, 1.807) is 6.07 Å². The average molecular weight is 234 g/mol. The van der Waals surface area contributed by atoms with Crippen LogP contribution in [0.2, 0.25) is 0 Å². The van der Waals surface area contributed by atoms with Crippen molar-refractivity contribution < 1.29 is 9.90 Å². The van der Waals surface area contributed by atoms with Crippen molar-refractivity contribution in [3.8, 4) is 0 Å². The van der Waals surface area contributed by atoms with Crippen molar-refractivity contribution >= 4 is 5.97 Å². The van der Waals surface area contributed by atoms with Crippen molar-refractivity contribution in [1.29, 1.82) is 0 Å². The number of carboxylic acids is 1. The molecule has 92 valence electrons. The SMILES string of the molecule is CN(Cc1cccnc1C(=O)O)CC1CCC1. The van der Waals surface area contributed by atoms with Gasteiger partial charge in [-0.3, -0.25) is 0 Å². The molecule has 4 nitrogen and oxygen atoms in total. The summed E-state index contributed by atoms with van der Waals surface area (Å²) >= 11 is 0. The lowest BCUT2D eigenvalue weighted by Gasteiger charge is -2.30. The Morgan fingerprint density at radius 2 is 2.35 bits per heavy atom. The molecule has 1 aliphatic carbocycles. The maximum Gasteiger partial charge on any atom is 0.354 e. The fourth-order valence-electron chi connectivity index (χ4n) is 2.23. The third kappa shape index (κ3) is 3.03. The molecule has 0 spiro atoms. The number of aromatic nitrogens is 1. The van der Waals surface area contributed by atoms with Crippen LogP contribution in [0.25, 0.3) is 0 Å². The van der Waals surface area contributed by atoms with Crippen LogP contribution >= 0.6 is 0 Å². The second-order valence-electron chi connectivity index (χ2n) is 4.81. The van der Waals surface area contributed by atoms with Gasteiger partial charge >= 0.3 is 5.97 Å². The number of pyridine rings is 1. The number of nitrogens with zero attached hydrogens (tertiary/aromatic N) is 2. The van der Waals surface area contributed by atoms with Gasteiger partial charge in [0.05, 0.1) is 0 Å². The highest BCUT2D eigenvalue weighted by Crippen LogP contribution is 2.27. The van der Waals surface area contributed by atoms with Crippen molar-refractivity contribution in [2.24, 2.45) is 5.92 Å². The zero-order chi connectivity index (χ0) is 12.3. The average Bonchev–Trinajstić information content (AvgIpc) is 2.24. The number of rotatable bonds is 5. The minimum absolute atomic E-state index is 0.174. The smallest absolute Gasteiger partial charge is 0.354 e. The Morgan fingerprint density at radius 3 is 2.94 bits per heavy atom. The predicted octanol–water partition coefficient (Wildman–Crippen LogP) is 2.01. The molecule has 1 aromatic heterocycles. The van der Waals surface area contributed by atoms with E-state index in [4.69, 9.17) is 5.11 Å². The van der Waals surface area contributed by atoms with Gasteiger partial charge in [0.15, 0.2) is 5.69 Å². The van der Waals surface area contributed by atoms with E-state index in [9.17, 15) is 4.79 Å². The first-order chi connectivity index (χ1) is 8.16. The van der Waals surface area contributed by atoms with E-state index in [0.717, 1.165) is 18.0 Å². The predicted molar refractivity (Wildman–Crippen MR) is 64.9 cm³/mol. The topological polar surface area (TPSA) is 53.4 Å². The van der Waals surface area contributed by atoms with Crippen LogP contribution in [0.4, 0.5) is 0 Å². The van der Waals surface area contributed by atoms with E-state index in [0.29, 0.717) is 6.54 Å². The summed E-state index contributed by atoms with van der Waals surface area (Å²) < 4.78 is 0. The summed E-state index contributed by atoms with van der Waals surface area (Å²) in [5.41, 5.74) is 0.967. The van der Waals surface area contributed by atoms with Crippen LogP contribution in [0.1, 0.15) is 35.3 Å². The lowest BCUT2D eigenvalue weighted by Crippen LogP contribution is -2.29. The second kappa shape index (κ2) is 5.27. The maximum absolute atomic E-state index is 11.0. The third-order valence-electron chi connectivity index (χ3n) is 3.33. The second-order valence-corrected chi connectivity index (χ2v) is 4.81. The van der Waals surface area contributed by atoms with Gasteiger partial charge in [-0.15, -0.1) is 0 Å². The normalized spacial score (nSPS) is 15.9. The number of hydrogen-bond acceptors (Lipinski definition) is 3. The molecule has 1 aliphatic rings. The molecule has 1 heterocycles. The number of carboxylic acid groups (broad SMARTS) is 1. The van der Waals surface area contributed by atoms with Gasteiger partial charge in [0.2, 0.25) is 0 Å². The van der Waals surface area contributed by atoms with Crippen LogP contribution in [0, 0.1) is 5.92 Å². The Bertz CT molecular complexity index is 402. The first-order valence-corrected chi connectivity index (χ1v) is 6.02. The molecular weight excluding hydrogens is 216 g/mol. The zero-order valence-electron chi connectivity index (χ0n) is 10.1. The van der Waals surface area contributed by atoms with Gasteiger partial charge in [0, 0.05) is 19.3 Å². The third-order valence-corrected chi connectivity index (χ3v) is 3.33. The first-order valence-electron chi connectivity index (χ1n) is 6.02. The van der Waals surface area contributed by atoms with E-state index in [-0.39, 0.29) is 5.69 Å². The van der Waals surface area contributed by atoms with Crippen LogP contribution in [-0.4, -0.2) is 34.6 Å². The molecule has 0 bridgehead atoms. The first kappa shape index (κ1) is 12.0. The Kier molecular flexibility index (Phi) is 3.74. The number of aromatic carboxylic acids is 1.